The zero-order chi connectivity index (χ0) is 25.8. The van der Waals surface area contributed by atoms with Gasteiger partial charge in [0.05, 0.1) is 22.6 Å². The minimum Gasteiger partial charge on any atom is -0.452 e. The number of pyridine rings is 2. The van der Waals surface area contributed by atoms with Crippen LogP contribution in [0.1, 0.15) is 0 Å². The fourth-order valence-corrected chi connectivity index (χ4v) is 5.28. The zero-order valence-electron chi connectivity index (χ0n) is 20.7. The van der Waals surface area contributed by atoms with Gasteiger partial charge in [0.1, 0.15) is 16.8 Å². The van der Waals surface area contributed by atoms with Gasteiger partial charge < -0.3 is 4.42 Å². The topological polar surface area (TPSA) is 64.7 Å². The lowest BCUT2D eigenvalue weighted by atomic mass is 10.0. The highest BCUT2D eigenvalue weighted by Crippen LogP contribution is 2.36. The highest BCUT2D eigenvalue weighted by molar-refractivity contribution is 6.11. The molecule has 5 nitrogen and oxygen atoms in total. The van der Waals surface area contributed by atoms with Gasteiger partial charge >= 0.3 is 0 Å². The molecular weight excluding hydrogens is 480 g/mol. The lowest BCUT2D eigenvalue weighted by Gasteiger charge is -2.11. The van der Waals surface area contributed by atoms with Crippen LogP contribution in [0.4, 0.5) is 0 Å². The first-order chi connectivity index (χ1) is 19.3. The Morgan fingerprint density at radius 2 is 1.10 bits per heavy atom. The summed E-state index contributed by atoms with van der Waals surface area (Å²) in [5.41, 5.74) is 7.01. The molecule has 39 heavy (non-hydrogen) atoms. The second-order valence-corrected chi connectivity index (χ2v) is 9.47. The van der Waals surface area contributed by atoms with Gasteiger partial charge in [-0.15, -0.1) is 0 Å². The van der Waals surface area contributed by atoms with Crippen LogP contribution in [-0.2, 0) is 0 Å². The van der Waals surface area contributed by atoms with E-state index in [0.29, 0.717) is 22.8 Å². The Morgan fingerprint density at radius 1 is 0.436 bits per heavy atom. The highest BCUT2D eigenvalue weighted by Gasteiger charge is 2.20. The summed E-state index contributed by atoms with van der Waals surface area (Å²) in [6.07, 6.45) is 0. The van der Waals surface area contributed by atoms with Crippen molar-refractivity contribution in [3.8, 4) is 34.2 Å². The van der Waals surface area contributed by atoms with Crippen LogP contribution in [0.5, 0.6) is 0 Å². The minimum absolute atomic E-state index is 0.622. The number of nitrogens with zero attached hydrogens (tertiary/aromatic N) is 4. The first-order valence-corrected chi connectivity index (χ1v) is 12.8. The zero-order valence-corrected chi connectivity index (χ0v) is 20.7. The lowest BCUT2D eigenvalue weighted by Crippen LogP contribution is -1.97. The monoisotopic (exact) mass is 500 g/mol. The predicted molar refractivity (Wildman–Crippen MR) is 156 cm³/mol. The Labute approximate surface area is 223 Å². The van der Waals surface area contributed by atoms with Crippen molar-refractivity contribution in [2.45, 2.75) is 0 Å². The number of hydrogen-bond acceptors (Lipinski definition) is 5. The van der Waals surface area contributed by atoms with Crippen molar-refractivity contribution < 1.29 is 4.42 Å². The van der Waals surface area contributed by atoms with E-state index in [0.717, 1.165) is 55.1 Å². The third-order valence-electron chi connectivity index (χ3n) is 7.09. The van der Waals surface area contributed by atoms with E-state index in [1.807, 2.05) is 97.1 Å². The predicted octanol–water partition coefficient (Wildman–Crippen LogP) is 8.47. The summed E-state index contributed by atoms with van der Waals surface area (Å²) >= 11 is 0. The van der Waals surface area contributed by atoms with Crippen LogP contribution in [0.2, 0.25) is 0 Å². The van der Waals surface area contributed by atoms with Crippen LogP contribution in [0, 0.1) is 0 Å². The third kappa shape index (κ3) is 3.48. The molecular formula is C34H20N4O. The Hall–Kier alpha value is -5.42. The summed E-state index contributed by atoms with van der Waals surface area (Å²) < 4.78 is 6.32. The van der Waals surface area contributed by atoms with Gasteiger partial charge in [-0.3, -0.25) is 0 Å². The van der Waals surface area contributed by atoms with Crippen molar-refractivity contribution in [2.24, 2.45) is 0 Å². The van der Waals surface area contributed by atoms with Crippen LogP contribution in [-0.4, -0.2) is 19.9 Å². The molecule has 0 amide bonds. The SMILES string of the molecule is c1ccc(-c2nc(-c3cccc(-c4nc5ccccc5c5ccccc45)n3)c3oc4ccccc4c3n2)cc1. The standard InChI is InChI=1S/C34H20N4O/c1-2-11-21(12-3-1)34-37-31-25-16-7-9-20-29(25)39-33(31)32(38-34)28-19-10-18-27(35-28)30-24-15-5-4-13-22(24)23-14-6-8-17-26(23)36-30/h1-20H. The van der Waals surface area contributed by atoms with Gasteiger partial charge in [-0.1, -0.05) is 91.0 Å². The number of aromatic nitrogens is 4. The van der Waals surface area contributed by atoms with Crippen molar-refractivity contribution >= 4 is 43.7 Å². The first kappa shape index (κ1) is 21.6. The van der Waals surface area contributed by atoms with Crippen LogP contribution < -0.4 is 0 Å². The van der Waals surface area contributed by atoms with Crippen LogP contribution in [0.3, 0.4) is 0 Å². The van der Waals surface area contributed by atoms with E-state index in [1.54, 1.807) is 0 Å². The molecule has 0 spiro atoms. The molecule has 0 aliphatic heterocycles. The molecule has 0 saturated carbocycles. The second kappa shape index (κ2) is 8.57. The third-order valence-corrected chi connectivity index (χ3v) is 7.09. The summed E-state index contributed by atoms with van der Waals surface area (Å²) in [6, 6.07) is 40.5. The smallest absolute Gasteiger partial charge is 0.181 e. The maximum absolute atomic E-state index is 6.32. The van der Waals surface area contributed by atoms with Gasteiger partial charge in [0.15, 0.2) is 11.4 Å². The van der Waals surface area contributed by atoms with E-state index in [-0.39, 0.29) is 0 Å². The van der Waals surface area contributed by atoms with Gasteiger partial charge in [-0.25, -0.2) is 19.9 Å². The van der Waals surface area contributed by atoms with Crippen molar-refractivity contribution in [2.75, 3.05) is 0 Å². The number of fused-ring (bicyclic) bond motifs is 6. The van der Waals surface area contributed by atoms with Gasteiger partial charge in [0.2, 0.25) is 0 Å². The molecule has 0 aliphatic rings. The summed E-state index contributed by atoms with van der Waals surface area (Å²) in [5.74, 6) is 0.631. The molecule has 182 valence electrons. The molecule has 8 rings (SSSR count). The van der Waals surface area contributed by atoms with E-state index < -0.39 is 0 Å². The molecule has 0 bridgehead atoms. The van der Waals surface area contributed by atoms with Gasteiger partial charge in [0.25, 0.3) is 0 Å². The number of hydrogen-bond donors (Lipinski definition) is 0. The van der Waals surface area contributed by atoms with Gasteiger partial charge in [0, 0.05) is 21.7 Å². The van der Waals surface area contributed by atoms with Crippen molar-refractivity contribution in [3.63, 3.8) is 0 Å². The van der Waals surface area contributed by atoms with E-state index in [9.17, 15) is 0 Å². The maximum Gasteiger partial charge on any atom is 0.181 e. The fraction of sp³-hybridized carbons (Fsp3) is 0. The van der Waals surface area contributed by atoms with Crippen LogP contribution in [0.15, 0.2) is 126 Å². The Bertz CT molecular complexity index is 2180. The van der Waals surface area contributed by atoms with E-state index in [1.165, 1.54) is 0 Å². The molecule has 0 N–H and O–H groups in total. The summed E-state index contributed by atoms with van der Waals surface area (Å²) in [4.78, 5) is 20.1. The normalized spacial score (nSPS) is 11.6. The van der Waals surface area contributed by atoms with Gasteiger partial charge in [-0.2, -0.15) is 0 Å². The molecule has 4 aromatic carbocycles. The molecule has 0 unspecified atom stereocenters. The summed E-state index contributed by atoms with van der Waals surface area (Å²) in [5, 5.41) is 4.28. The molecule has 0 aliphatic carbocycles. The van der Waals surface area contributed by atoms with Crippen molar-refractivity contribution in [1.29, 1.82) is 0 Å². The van der Waals surface area contributed by atoms with E-state index in [4.69, 9.17) is 24.4 Å². The molecule has 4 aromatic heterocycles. The number of benzene rings is 4. The average Bonchev–Trinajstić information content (AvgIpc) is 3.39. The van der Waals surface area contributed by atoms with Crippen molar-refractivity contribution in [3.05, 3.63) is 121 Å². The maximum atomic E-state index is 6.32. The molecule has 4 heterocycles. The van der Waals surface area contributed by atoms with Crippen LogP contribution >= 0.6 is 0 Å². The Balaban J connectivity index is 1.40. The van der Waals surface area contributed by atoms with Crippen LogP contribution in [0.25, 0.3) is 77.9 Å². The number of para-hydroxylation sites is 2. The molecule has 0 saturated heterocycles. The Morgan fingerprint density at radius 3 is 1.95 bits per heavy atom. The molecule has 5 heteroatoms. The Kier molecular flexibility index (Phi) is 4.76. The second-order valence-electron chi connectivity index (χ2n) is 9.47. The fourth-order valence-electron chi connectivity index (χ4n) is 5.28. The largest absolute Gasteiger partial charge is 0.452 e. The summed E-state index contributed by atoms with van der Waals surface area (Å²) in [7, 11) is 0. The van der Waals surface area contributed by atoms with Gasteiger partial charge in [-0.05, 0) is 35.7 Å². The van der Waals surface area contributed by atoms with E-state index >= 15 is 0 Å². The lowest BCUT2D eigenvalue weighted by molar-refractivity contribution is 0.667. The average molecular weight is 501 g/mol. The minimum atomic E-state index is 0.622. The molecule has 0 atom stereocenters. The summed E-state index contributed by atoms with van der Waals surface area (Å²) in [6.45, 7) is 0. The first-order valence-electron chi connectivity index (χ1n) is 12.8. The van der Waals surface area contributed by atoms with E-state index in [2.05, 4.69) is 24.3 Å². The van der Waals surface area contributed by atoms with Crippen molar-refractivity contribution in [1.82, 2.24) is 19.9 Å². The molecule has 0 radical (unpaired) electrons. The quantitative estimate of drug-likeness (QED) is 0.228. The number of furan rings is 1. The molecule has 8 aromatic rings. The number of rotatable bonds is 3. The molecule has 0 fully saturated rings. The highest BCUT2D eigenvalue weighted by atomic mass is 16.3.